The van der Waals surface area contributed by atoms with Gasteiger partial charge < -0.3 is 15.5 Å². The van der Waals surface area contributed by atoms with Gasteiger partial charge in [-0.2, -0.15) is 0 Å². The molecule has 1 aromatic carbocycles. The number of furan rings is 1. The van der Waals surface area contributed by atoms with Crippen LogP contribution in [0.1, 0.15) is 40.6 Å². The van der Waals surface area contributed by atoms with Crippen LogP contribution in [0.2, 0.25) is 0 Å². The van der Waals surface area contributed by atoms with Gasteiger partial charge in [-0.1, -0.05) is 0 Å². The second kappa shape index (κ2) is 5.00. The van der Waals surface area contributed by atoms with Gasteiger partial charge in [-0.15, -0.1) is 0 Å². The first kappa shape index (κ1) is 12.7. The van der Waals surface area contributed by atoms with Crippen molar-refractivity contribution in [3.63, 3.8) is 0 Å². The molecule has 1 amide bonds. The summed E-state index contributed by atoms with van der Waals surface area (Å²) in [5, 5.41) is 2.92. The number of anilines is 1. The Labute approximate surface area is 115 Å². The van der Waals surface area contributed by atoms with Gasteiger partial charge in [0.2, 0.25) is 0 Å². The number of nitrogens with one attached hydrogen (secondary N) is 1. The molecule has 104 valence electrons. The molecule has 0 spiro atoms. The Morgan fingerprint density at radius 3 is 3.05 bits per heavy atom. The molecule has 4 nitrogen and oxygen atoms in total. The van der Waals surface area contributed by atoms with Crippen LogP contribution in [0.25, 0.3) is 0 Å². The number of nitrogen functional groups attached to an aromatic ring is 1. The summed E-state index contributed by atoms with van der Waals surface area (Å²) in [6.45, 7) is 0. The Kier molecular flexibility index (Phi) is 3.18. The number of carbonyl (C=O) groups is 1. The molecule has 2 aromatic rings. The van der Waals surface area contributed by atoms with Crippen LogP contribution in [-0.4, -0.2) is 5.91 Å². The maximum Gasteiger partial charge on any atom is 0.251 e. The number of aryl methyl sites for hydroxylation is 1. The Bertz CT molecular complexity index is 651. The molecule has 20 heavy (non-hydrogen) atoms. The average Bonchev–Trinajstić information content (AvgIpc) is 2.91. The number of hydrogen-bond acceptors (Lipinski definition) is 3. The summed E-state index contributed by atoms with van der Waals surface area (Å²) in [6, 6.07) is 5.87. The van der Waals surface area contributed by atoms with Crippen LogP contribution in [0.3, 0.4) is 0 Å². The topological polar surface area (TPSA) is 68.3 Å². The van der Waals surface area contributed by atoms with Crippen LogP contribution in [-0.2, 0) is 6.42 Å². The lowest BCUT2D eigenvalue weighted by Gasteiger charge is -2.22. The molecule has 0 fully saturated rings. The van der Waals surface area contributed by atoms with Crippen LogP contribution >= 0.6 is 0 Å². The lowest BCUT2D eigenvalue weighted by molar-refractivity contribution is 0.0932. The van der Waals surface area contributed by atoms with Crippen LogP contribution < -0.4 is 11.1 Å². The van der Waals surface area contributed by atoms with Crippen LogP contribution in [0.15, 0.2) is 34.9 Å². The molecule has 3 N–H and O–H groups in total. The van der Waals surface area contributed by atoms with E-state index in [1.807, 2.05) is 6.07 Å². The zero-order chi connectivity index (χ0) is 14.1. The number of benzene rings is 1. The summed E-state index contributed by atoms with van der Waals surface area (Å²) in [7, 11) is 0. The summed E-state index contributed by atoms with van der Waals surface area (Å²) in [4.78, 5) is 12.2. The number of fused-ring (bicyclic) bond motifs is 1. The van der Waals surface area contributed by atoms with Crippen molar-refractivity contribution in [3.05, 3.63) is 53.2 Å². The Balaban J connectivity index is 1.79. The molecule has 1 unspecified atom stereocenters. The fourth-order valence-corrected chi connectivity index (χ4v) is 2.55. The second-order valence-corrected chi connectivity index (χ2v) is 4.95. The van der Waals surface area contributed by atoms with E-state index in [0.29, 0.717) is 0 Å². The number of rotatable bonds is 2. The first-order valence-corrected chi connectivity index (χ1v) is 6.57. The molecule has 0 saturated carbocycles. The van der Waals surface area contributed by atoms with Crippen molar-refractivity contribution in [3.8, 4) is 0 Å². The Morgan fingerprint density at radius 1 is 1.40 bits per heavy atom. The van der Waals surface area contributed by atoms with Crippen molar-refractivity contribution in [2.75, 3.05) is 5.73 Å². The molecule has 0 saturated heterocycles. The summed E-state index contributed by atoms with van der Waals surface area (Å²) >= 11 is 0. The maximum absolute atomic E-state index is 13.4. The highest BCUT2D eigenvalue weighted by Gasteiger charge is 2.24. The Hall–Kier alpha value is -2.30. The van der Waals surface area contributed by atoms with E-state index in [2.05, 4.69) is 5.32 Å². The van der Waals surface area contributed by atoms with Gasteiger partial charge in [-0.05, 0) is 37.1 Å². The molecular weight excluding hydrogens is 259 g/mol. The Morgan fingerprint density at radius 2 is 2.25 bits per heavy atom. The van der Waals surface area contributed by atoms with Gasteiger partial charge in [0.25, 0.3) is 5.91 Å². The monoisotopic (exact) mass is 274 g/mol. The third-order valence-corrected chi connectivity index (χ3v) is 3.62. The lowest BCUT2D eigenvalue weighted by atomic mass is 9.93. The lowest BCUT2D eigenvalue weighted by Crippen LogP contribution is -2.30. The summed E-state index contributed by atoms with van der Waals surface area (Å²) in [5.41, 5.74) is 6.73. The molecule has 5 heteroatoms. The van der Waals surface area contributed by atoms with E-state index in [1.165, 1.54) is 12.1 Å². The van der Waals surface area contributed by atoms with Crippen molar-refractivity contribution in [1.82, 2.24) is 5.32 Å². The van der Waals surface area contributed by atoms with Crippen LogP contribution in [0.4, 0.5) is 10.1 Å². The van der Waals surface area contributed by atoms with E-state index in [9.17, 15) is 9.18 Å². The molecule has 1 aliphatic rings. The molecule has 0 radical (unpaired) electrons. The third-order valence-electron chi connectivity index (χ3n) is 3.62. The predicted octanol–water partition coefficient (Wildman–Crippen LogP) is 2.81. The van der Waals surface area contributed by atoms with E-state index in [0.717, 1.165) is 36.7 Å². The van der Waals surface area contributed by atoms with Crippen molar-refractivity contribution >= 4 is 11.6 Å². The minimum atomic E-state index is -0.578. The second-order valence-electron chi connectivity index (χ2n) is 4.95. The molecule has 0 aliphatic heterocycles. The van der Waals surface area contributed by atoms with Gasteiger partial charge >= 0.3 is 0 Å². The zero-order valence-electron chi connectivity index (χ0n) is 10.9. The van der Waals surface area contributed by atoms with Crippen molar-refractivity contribution in [2.24, 2.45) is 0 Å². The van der Waals surface area contributed by atoms with Crippen molar-refractivity contribution in [2.45, 2.75) is 25.3 Å². The summed E-state index contributed by atoms with van der Waals surface area (Å²) in [5.74, 6) is 0.0401. The van der Waals surface area contributed by atoms with Crippen LogP contribution in [0, 0.1) is 5.82 Å². The quantitative estimate of drug-likeness (QED) is 0.827. The highest BCUT2D eigenvalue weighted by Crippen LogP contribution is 2.30. The number of hydrogen-bond donors (Lipinski definition) is 2. The van der Waals surface area contributed by atoms with E-state index < -0.39 is 5.82 Å². The SMILES string of the molecule is Nc1ccc(C(=O)NC2CCCc3occc32)cc1F. The average molecular weight is 274 g/mol. The number of halogens is 1. The molecule has 1 aromatic heterocycles. The molecule has 3 rings (SSSR count). The summed E-state index contributed by atoms with van der Waals surface area (Å²) < 4.78 is 18.8. The third kappa shape index (κ3) is 2.27. The first-order valence-electron chi connectivity index (χ1n) is 6.57. The number of amides is 1. The van der Waals surface area contributed by atoms with Gasteiger partial charge in [0.1, 0.15) is 11.6 Å². The summed E-state index contributed by atoms with van der Waals surface area (Å²) in [6.07, 6.45) is 4.35. The molecule has 1 atom stereocenters. The van der Waals surface area contributed by atoms with Gasteiger partial charge in [0, 0.05) is 17.5 Å². The molecule has 0 bridgehead atoms. The maximum atomic E-state index is 13.4. The van der Waals surface area contributed by atoms with Gasteiger partial charge in [0.05, 0.1) is 18.0 Å². The molecule has 1 heterocycles. The van der Waals surface area contributed by atoms with E-state index in [4.69, 9.17) is 10.2 Å². The van der Waals surface area contributed by atoms with Crippen LogP contribution in [0.5, 0.6) is 0 Å². The smallest absolute Gasteiger partial charge is 0.251 e. The van der Waals surface area contributed by atoms with E-state index in [-0.39, 0.29) is 23.2 Å². The van der Waals surface area contributed by atoms with Crippen molar-refractivity contribution in [1.29, 1.82) is 0 Å². The fourth-order valence-electron chi connectivity index (χ4n) is 2.55. The fraction of sp³-hybridized carbons (Fsp3) is 0.267. The minimum absolute atomic E-state index is 0.0383. The number of nitrogens with two attached hydrogens (primary N) is 1. The normalized spacial score (nSPS) is 17.6. The van der Waals surface area contributed by atoms with Gasteiger partial charge in [-0.3, -0.25) is 4.79 Å². The zero-order valence-corrected chi connectivity index (χ0v) is 10.9. The highest BCUT2D eigenvalue weighted by molar-refractivity contribution is 5.94. The van der Waals surface area contributed by atoms with E-state index in [1.54, 1.807) is 6.26 Å². The van der Waals surface area contributed by atoms with Gasteiger partial charge in [-0.25, -0.2) is 4.39 Å². The van der Waals surface area contributed by atoms with E-state index >= 15 is 0 Å². The van der Waals surface area contributed by atoms with Crippen molar-refractivity contribution < 1.29 is 13.6 Å². The largest absolute Gasteiger partial charge is 0.469 e. The molecule has 1 aliphatic carbocycles. The molecular formula is C15H15FN2O2. The predicted molar refractivity (Wildman–Crippen MR) is 72.7 cm³/mol. The number of carbonyl (C=O) groups excluding carboxylic acids is 1. The minimum Gasteiger partial charge on any atom is -0.469 e. The highest BCUT2D eigenvalue weighted by atomic mass is 19.1. The first-order chi connectivity index (χ1) is 9.65. The van der Waals surface area contributed by atoms with Gasteiger partial charge in [0.15, 0.2) is 0 Å². The standard InChI is InChI=1S/C15H15FN2O2/c16-11-8-9(4-5-12(11)17)15(19)18-13-2-1-3-14-10(13)6-7-20-14/h4-8,13H,1-3,17H2,(H,18,19).